The second kappa shape index (κ2) is 6.99. The molecule has 3 N–H and O–H groups in total. The molecule has 0 atom stereocenters. The van der Waals surface area contributed by atoms with Crippen LogP contribution in [0.25, 0.3) is 6.08 Å². The fraction of sp³-hybridized carbons (Fsp3) is 0.214. The van der Waals surface area contributed by atoms with Crippen LogP contribution in [0.15, 0.2) is 23.1 Å². The van der Waals surface area contributed by atoms with Gasteiger partial charge in [-0.1, -0.05) is 6.07 Å². The van der Waals surface area contributed by atoms with Crippen molar-refractivity contribution in [2.45, 2.75) is 12.8 Å². The summed E-state index contributed by atoms with van der Waals surface area (Å²) in [6.45, 7) is 0.174. The lowest BCUT2D eigenvalue weighted by Gasteiger charge is -2.08. The van der Waals surface area contributed by atoms with E-state index in [4.69, 9.17) is 9.84 Å². The number of nitrogens with one attached hydrogen (secondary N) is 1. The highest BCUT2D eigenvalue weighted by Crippen LogP contribution is 2.30. The van der Waals surface area contributed by atoms with Crippen molar-refractivity contribution < 1.29 is 29.3 Å². The molecule has 116 valence electrons. The van der Waals surface area contributed by atoms with Crippen LogP contribution in [-0.4, -0.2) is 33.9 Å². The summed E-state index contributed by atoms with van der Waals surface area (Å²) in [6, 6.07) is 4.54. The van der Waals surface area contributed by atoms with E-state index in [0.717, 1.165) is 11.8 Å². The van der Waals surface area contributed by atoms with E-state index in [0.29, 0.717) is 12.0 Å². The van der Waals surface area contributed by atoms with Crippen molar-refractivity contribution in [1.29, 1.82) is 0 Å². The number of rotatable bonds is 6. The second-order valence-electron chi connectivity index (χ2n) is 4.43. The van der Waals surface area contributed by atoms with E-state index >= 15 is 0 Å². The molecule has 0 bridgehead atoms. The van der Waals surface area contributed by atoms with Crippen molar-refractivity contribution in [3.8, 4) is 11.5 Å². The van der Waals surface area contributed by atoms with E-state index in [1.807, 2.05) is 0 Å². The van der Waals surface area contributed by atoms with E-state index in [-0.39, 0.29) is 29.4 Å². The number of hydrogen-bond acceptors (Lipinski definition) is 6. The van der Waals surface area contributed by atoms with Gasteiger partial charge in [0.1, 0.15) is 0 Å². The van der Waals surface area contributed by atoms with E-state index in [1.165, 1.54) is 18.2 Å². The summed E-state index contributed by atoms with van der Waals surface area (Å²) in [5, 5.41) is 20.1. The maximum atomic E-state index is 11.4. The predicted molar refractivity (Wildman–Crippen MR) is 79.6 cm³/mol. The standard InChI is InChI=1S/C14H13NO6S/c16-9-6-8(7-11-13(19)15-14(20)22-11)3-4-10(9)21-5-1-2-12(17)18/h3-4,6-7,16H,1-2,5H2,(H,17,18)(H,15,19,20)/b11-7-. The number of imide groups is 1. The summed E-state index contributed by atoms with van der Waals surface area (Å²) < 4.78 is 5.28. The monoisotopic (exact) mass is 323 g/mol. The van der Waals surface area contributed by atoms with Crippen molar-refractivity contribution in [1.82, 2.24) is 5.32 Å². The summed E-state index contributed by atoms with van der Waals surface area (Å²) in [6.07, 6.45) is 1.81. The Morgan fingerprint density at radius 1 is 1.36 bits per heavy atom. The first-order chi connectivity index (χ1) is 10.5. The molecular weight excluding hydrogens is 310 g/mol. The quantitative estimate of drug-likeness (QED) is 0.541. The average Bonchev–Trinajstić information content (AvgIpc) is 2.74. The molecule has 2 rings (SSSR count). The van der Waals surface area contributed by atoms with Crippen LogP contribution in [0.4, 0.5) is 4.79 Å². The minimum atomic E-state index is -0.906. The number of amides is 2. The van der Waals surface area contributed by atoms with Crippen LogP contribution >= 0.6 is 11.8 Å². The first-order valence-corrected chi connectivity index (χ1v) is 7.20. The van der Waals surface area contributed by atoms with Gasteiger partial charge in [0.15, 0.2) is 11.5 Å². The molecule has 1 saturated heterocycles. The molecule has 1 aromatic carbocycles. The number of carbonyl (C=O) groups excluding carboxylic acids is 2. The summed E-state index contributed by atoms with van der Waals surface area (Å²) in [7, 11) is 0. The molecule has 7 nitrogen and oxygen atoms in total. The second-order valence-corrected chi connectivity index (χ2v) is 5.44. The first kappa shape index (κ1) is 15.9. The van der Waals surface area contributed by atoms with Gasteiger partial charge in [0.25, 0.3) is 11.1 Å². The van der Waals surface area contributed by atoms with Crippen molar-refractivity contribution in [3.05, 3.63) is 28.7 Å². The van der Waals surface area contributed by atoms with Gasteiger partial charge in [-0.15, -0.1) is 0 Å². The zero-order chi connectivity index (χ0) is 16.1. The molecular formula is C14H13NO6S. The average molecular weight is 323 g/mol. The molecule has 0 aromatic heterocycles. The molecule has 1 aliphatic rings. The third kappa shape index (κ3) is 4.26. The van der Waals surface area contributed by atoms with Crippen LogP contribution in [0.3, 0.4) is 0 Å². The Hall–Kier alpha value is -2.48. The van der Waals surface area contributed by atoms with Gasteiger partial charge in [-0.3, -0.25) is 19.7 Å². The van der Waals surface area contributed by atoms with Gasteiger partial charge in [0.2, 0.25) is 0 Å². The summed E-state index contributed by atoms with van der Waals surface area (Å²) >= 11 is 0.791. The lowest BCUT2D eigenvalue weighted by Crippen LogP contribution is -2.17. The molecule has 22 heavy (non-hydrogen) atoms. The van der Waals surface area contributed by atoms with Crippen LogP contribution in [0.2, 0.25) is 0 Å². The maximum absolute atomic E-state index is 11.4. The zero-order valence-corrected chi connectivity index (χ0v) is 12.2. The molecule has 1 aromatic rings. The number of phenols is 1. The van der Waals surface area contributed by atoms with Gasteiger partial charge >= 0.3 is 5.97 Å². The van der Waals surface area contributed by atoms with Crippen LogP contribution < -0.4 is 10.1 Å². The number of ether oxygens (including phenoxy) is 1. The van der Waals surface area contributed by atoms with Crippen LogP contribution in [0.5, 0.6) is 11.5 Å². The van der Waals surface area contributed by atoms with Gasteiger partial charge in [0, 0.05) is 6.42 Å². The molecule has 2 amide bonds. The molecule has 0 radical (unpaired) electrons. The smallest absolute Gasteiger partial charge is 0.303 e. The van der Waals surface area contributed by atoms with Crippen LogP contribution in [0, 0.1) is 0 Å². The lowest BCUT2D eigenvalue weighted by atomic mass is 10.2. The number of carboxylic acid groups (broad SMARTS) is 1. The minimum absolute atomic E-state index is 0.00862. The van der Waals surface area contributed by atoms with Crippen molar-refractivity contribution in [2.24, 2.45) is 0 Å². The Morgan fingerprint density at radius 3 is 2.73 bits per heavy atom. The number of aromatic hydroxyl groups is 1. The number of aliphatic carboxylic acids is 1. The van der Waals surface area contributed by atoms with E-state index in [2.05, 4.69) is 5.32 Å². The zero-order valence-electron chi connectivity index (χ0n) is 11.4. The topological polar surface area (TPSA) is 113 Å². The molecule has 1 aliphatic heterocycles. The van der Waals surface area contributed by atoms with Crippen molar-refractivity contribution in [2.75, 3.05) is 6.61 Å². The Labute approximate surface area is 130 Å². The summed E-state index contributed by atoms with van der Waals surface area (Å²) in [5.41, 5.74) is 0.544. The Morgan fingerprint density at radius 2 is 2.14 bits per heavy atom. The molecule has 8 heteroatoms. The minimum Gasteiger partial charge on any atom is -0.504 e. The van der Waals surface area contributed by atoms with E-state index in [9.17, 15) is 19.5 Å². The molecule has 1 fully saturated rings. The highest BCUT2D eigenvalue weighted by molar-refractivity contribution is 8.18. The Kier molecular flexibility index (Phi) is 5.05. The van der Waals surface area contributed by atoms with Gasteiger partial charge in [0.05, 0.1) is 11.5 Å². The maximum Gasteiger partial charge on any atom is 0.303 e. The van der Waals surface area contributed by atoms with Gasteiger partial charge < -0.3 is 14.9 Å². The van der Waals surface area contributed by atoms with Crippen molar-refractivity contribution in [3.63, 3.8) is 0 Å². The van der Waals surface area contributed by atoms with Crippen LogP contribution in [0.1, 0.15) is 18.4 Å². The summed E-state index contributed by atoms with van der Waals surface area (Å²) in [4.78, 5) is 33.1. The number of carboxylic acids is 1. The largest absolute Gasteiger partial charge is 0.504 e. The van der Waals surface area contributed by atoms with Gasteiger partial charge in [-0.2, -0.15) is 0 Å². The molecule has 0 unspecified atom stereocenters. The van der Waals surface area contributed by atoms with Gasteiger partial charge in [-0.25, -0.2) is 0 Å². The third-order valence-electron chi connectivity index (χ3n) is 2.72. The van der Waals surface area contributed by atoms with Gasteiger partial charge in [-0.05, 0) is 42.0 Å². The fourth-order valence-electron chi connectivity index (χ4n) is 1.72. The van der Waals surface area contributed by atoms with Crippen LogP contribution in [-0.2, 0) is 9.59 Å². The van der Waals surface area contributed by atoms with Crippen molar-refractivity contribution >= 4 is 35.0 Å². The number of hydrogen-bond donors (Lipinski definition) is 3. The molecule has 0 saturated carbocycles. The van der Waals surface area contributed by atoms with E-state index in [1.54, 1.807) is 6.07 Å². The molecule has 1 heterocycles. The summed E-state index contributed by atoms with van der Waals surface area (Å²) in [5.74, 6) is -1.27. The highest BCUT2D eigenvalue weighted by Gasteiger charge is 2.24. The lowest BCUT2D eigenvalue weighted by molar-refractivity contribution is -0.137. The fourth-order valence-corrected chi connectivity index (χ4v) is 2.41. The normalized spacial score (nSPS) is 15.9. The molecule has 0 spiro atoms. The Balaban J connectivity index is 2.00. The molecule has 0 aliphatic carbocycles. The highest BCUT2D eigenvalue weighted by atomic mass is 32.2. The SMILES string of the molecule is O=C(O)CCCOc1ccc(/C=C2\SC(=O)NC2=O)cc1O. The Bertz CT molecular complexity index is 655. The third-order valence-corrected chi connectivity index (χ3v) is 3.53. The number of thioether (sulfide) groups is 1. The number of phenolic OH excluding ortho intramolecular Hbond substituents is 1. The number of benzene rings is 1. The predicted octanol–water partition coefficient (Wildman–Crippen LogP) is 1.96. The first-order valence-electron chi connectivity index (χ1n) is 6.38. The number of carbonyl (C=O) groups is 3. The van der Waals surface area contributed by atoms with E-state index < -0.39 is 17.1 Å².